The normalized spacial score (nSPS) is 12.0. The Labute approximate surface area is 167 Å². The maximum Gasteiger partial charge on any atom is 0.347 e. The Bertz CT molecular complexity index is 354. The standard InChI is InChI=1S/C23H44O4/c1-4-6-7-8-9-10-11-12-13-14-15-16-17-18-19-20-22(24)27-21(3)23(25)26-5-2/h21H,4-20H2,1-3H3. The number of hydrogen-bond acceptors (Lipinski definition) is 4. The van der Waals surface area contributed by atoms with Crippen LogP contribution in [0, 0.1) is 0 Å². The smallest absolute Gasteiger partial charge is 0.347 e. The minimum atomic E-state index is -0.797. The van der Waals surface area contributed by atoms with Gasteiger partial charge in [-0.25, -0.2) is 4.79 Å². The zero-order valence-corrected chi connectivity index (χ0v) is 18.2. The SMILES string of the molecule is CCCCCCCCCCCCCCCCCC(=O)OC(C)C(=O)OCC. The Hall–Kier alpha value is -1.06. The van der Waals surface area contributed by atoms with Crippen LogP contribution in [0.3, 0.4) is 0 Å². The number of carbonyl (C=O) groups excluding carboxylic acids is 2. The average molecular weight is 385 g/mol. The zero-order valence-electron chi connectivity index (χ0n) is 18.2. The number of ether oxygens (including phenoxy) is 2. The van der Waals surface area contributed by atoms with Crippen LogP contribution in [0.15, 0.2) is 0 Å². The molecule has 0 rings (SSSR count). The molecule has 0 N–H and O–H groups in total. The summed E-state index contributed by atoms with van der Waals surface area (Å²) in [6.07, 6.45) is 19.1. The molecular formula is C23H44O4. The number of rotatable bonds is 19. The molecule has 0 radical (unpaired) electrons. The van der Waals surface area contributed by atoms with Crippen molar-refractivity contribution in [3.8, 4) is 0 Å². The Kier molecular flexibility index (Phi) is 18.9. The van der Waals surface area contributed by atoms with Crippen LogP contribution in [0.2, 0.25) is 0 Å². The zero-order chi connectivity index (χ0) is 20.2. The van der Waals surface area contributed by atoms with Crippen molar-refractivity contribution in [2.45, 2.75) is 130 Å². The van der Waals surface area contributed by atoms with Gasteiger partial charge in [-0.2, -0.15) is 0 Å². The molecule has 0 aromatic heterocycles. The average Bonchev–Trinajstić information content (AvgIpc) is 2.65. The van der Waals surface area contributed by atoms with Gasteiger partial charge in [0, 0.05) is 6.42 Å². The van der Waals surface area contributed by atoms with Crippen LogP contribution in [-0.4, -0.2) is 24.6 Å². The Morgan fingerprint density at radius 2 is 1.07 bits per heavy atom. The van der Waals surface area contributed by atoms with Gasteiger partial charge in [-0.3, -0.25) is 4.79 Å². The second kappa shape index (κ2) is 19.7. The van der Waals surface area contributed by atoms with Gasteiger partial charge in [-0.1, -0.05) is 96.8 Å². The largest absolute Gasteiger partial charge is 0.463 e. The lowest BCUT2D eigenvalue weighted by molar-refractivity contribution is -0.166. The van der Waals surface area contributed by atoms with Crippen LogP contribution in [0.25, 0.3) is 0 Å². The maximum atomic E-state index is 11.7. The van der Waals surface area contributed by atoms with E-state index in [4.69, 9.17) is 9.47 Å². The predicted molar refractivity (Wildman–Crippen MR) is 112 cm³/mol. The fourth-order valence-corrected chi connectivity index (χ4v) is 3.20. The summed E-state index contributed by atoms with van der Waals surface area (Å²) in [6, 6.07) is 0. The van der Waals surface area contributed by atoms with E-state index >= 15 is 0 Å². The van der Waals surface area contributed by atoms with E-state index < -0.39 is 12.1 Å². The van der Waals surface area contributed by atoms with Gasteiger partial charge < -0.3 is 9.47 Å². The predicted octanol–water partition coefficient (Wildman–Crippen LogP) is 6.74. The van der Waals surface area contributed by atoms with Crippen LogP contribution in [0.1, 0.15) is 124 Å². The summed E-state index contributed by atoms with van der Waals surface area (Å²) < 4.78 is 9.89. The van der Waals surface area contributed by atoms with Crippen LogP contribution in [0.5, 0.6) is 0 Å². The summed E-state index contributed by atoms with van der Waals surface area (Å²) in [5.41, 5.74) is 0. The van der Waals surface area contributed by atoms with Gasteiger partial charge in [0.1, 0.15) is 0 Å². The van der Waals surface area contributed by atoms with E-state index in [1.165, 1.54) is 83.5 Å². The van der Waals surface area contributed by atoms with Crippen molar-refractivity contribution in [3.63, 3.8) is 0 Å². The number of unbranched alkanes of at least 4 members (excludes halogenated alkanes) is 14. The third kappa shape index (κ3) is 18.1. The van der Waals surface area contributed by atoms with Gasteiger partial charge >= 0.3 is 11.9 Å². The second-order valence-corrected chi connectivity index (χ2v) is 7.58. The fraction of sp³-hybridized carbons (Fsp3) is 0.913. The van der Waals surface area contributed by atoms with Crippen molar-refractivity contribution in [1.82, 2.24) is 0 Å². The van der Waals surface area contributed by atoms with Gasteiger partial charge in [-0.05, 0) is 20.3 Å². The molecule has 0 heterocycles. The van der Waals surface area contributed by atoms with Gasteiger partial charge in [-0.15, -0.1) is 0 Å². The molecule has 0 spiro atoms. The third-order valence-electron chi connectivity index (χ3n) is 4.91. The monoisotopic (exact) mass is 384 g/mol. The number of hydrogen-bond donors (Lipinski definition) is 0. The summed E-state index contributed by atoms with van der Waals surface area (Å²) in [5, 5.41) is 0. The molecule has 0 aromatic carbocycles. The summed E-state index contributed by atoms with van der Waals surface area (Å²) >= 11 is 0. The minimum absolute atomic E-state index is 0.301. The van der Waals surface area contributed by atoms with Crippen molar-refractivity contribution >= 4 is 11.9 Å². The molecule has 0 fully saturated rings. The van der Waals surface area contributed by atoms with Crippen LogP contribution in [-0.2, 0) is 19.1 Å². The van der Waals surface area contributed by atoms with E-state index in [9.17, 15) is 9.59 Å². The maximum absolute atomic E-state index is 11.7. The van der Waals surface area contributed by atoms with Gasteiger partial charge in [0.15, 0.2) is 6.10 Å². The first-order valence-corrected chi connectivity index (χ1v) is 11.5. The quantitative estimate of drug-likeness (QED) is 0.183. The van der Waals surface area contributed by atoms with Crippen LogP contribution >= 0.6 is 0 Å². The fourth-order valence-electron chi connectivity index (χ4n) is 3.20. The highest BCUT2D eigenvalue weighted by Gasteiger charge is 2.18. The molecule has 0 saturated heterocycles. The molecule has 160 valence electrons. The lowest BCUT2D eigenvalue weighted by atomic mass is 10.0. The number of carbonyl (C=O) groups is 2. The molecule has 0 aliphatic heterocycles. The lowest BCUT2D eigenvalue weighted by Gasteiger charge is -2.11. The van der Waals surface area contributed by atoms with E-state index in [2.05, 4.69) is 6.92 Å². The minimum Gasteiger partial charge on any atom is -0.463 e. The molecule has 4 heteroatoms. The second-order valence-electron chi connectivity index (χ2n) is 7.58. The van der Waals surface area contributed by atoms with E-state index in [1.807, 2.05) is 0 Å². The molecule has 0 bridgehead atoms. The van der Waals surface area contributed by atoms with E-state index in [-0.39, 0.29) is 5.97 Å². The van der Waals surface area contributed by atoms with Gasteiger partial charge in [0.25, 0.3) is 0 Å². The molecule has 0 amide bonds. The first kappa shape index (κ1) is 25.9. The van der Waals surface area contributed by atoms with E-state index in [0.717, 1.165) is 12.8 Å². The highest BCUT2D eigenvalue weighted by Crippen LogP contribution is 2.14. The summed E-state index contributed by atoms with van der Waals surface area (Å²) in [5.74, 6) is -0.771. The molecule has 0 saturated carbocycles. The van der Waals surface area contributed by atoms with Crippen molar-refractivity contribution in [1.29, 1.82) is 0 Å². The van der Waals surface area contributed by atoms with Crippen molar-refractivity contribution in [2.75, 3.05) is 6.61 Å². The van der Waals surface area contributed by atoms with E-state index in [1.54, 1.807) is 13.8 Å². The van der Waals surface area contributed by atoms with Gasteiger partial charge in [0.2, 0.25) is 0 Å². The molecule has 0 aliphatic rings. The third-order valence-corrected chi connectivity index (χ3v) is 4.91. The Balaban J connectivity index is 3.28. The molecule has 1 atom stereocenters. The highest BCUT2D eigenvalue weighted by atomic mass is 16.6. The van der Waals surface area contributed by atoms with Gasteiger partial charge in [0.05, 0.1) is 6.61 Å². The summed E-state index contributed by atoms with van der Waals surface area (Å²) in [7, 11) is 0. The molecular weight excluding hydrogens is 340 g/mol. The number of esters is 2. The molecule has 27 heavy (non-hydrogen) atoms. The van der Waals surface area contributed by atoms with Crippen molar-refractivity contribution in [3.05, 3.63) is 0 Å². The summed E-state index contributed by atoms with van der Waals surface area (Å²) in [4.78, 5) is 23.1. The summed E-state index contributed by atoms with van der Waals surface area (Å²) in [6.45, 7) is 5.87. The first-order chi connectivity index (χ1) is 13.1. The van der Waals surface area contributed by atoms with Crippen molar-refractivity contribution in [2.24, 2.45) is 0 Å². The van der Waals surface area contributed by atoms with Crippen LogP contribution in [0.4, 0.5) is 0 Å². The highest BCUT2D eigenvalue weighted by molar-refractivity contribution is 5.78. The van der Waals surface area contributed by atoms with Crippen LogP contribution < -0.4 is 0 Å². The molecule has 4 nitrogen and oxygen atoms in total. The molecule has 0 aromatic rings. The lowest BCUT2D eigenvalue weighted by Crippen LogP contribution is -2.26. The van der Waals surface area contributed by atoms with E-state index in [0.29, 0.717) is 13.0 Å². The first-order valence-electron chi connectivity index (χ1n) is 11.5. The van der Waals surface area contributed by atoms with Crippen molar-refractivity contribution < 1.29 is 19.1 Å². The molecule has 0 aliphatic carbocycles. The Morgan fingerprint density at radius 1 is 0.667 bits per heavy atom. The molecule has 1 unspecified atom stereocenters. The topological polar surface area (TPSA) is 52.6 Å². The Morgan fingerprint density at radius 3 is 1.48 bits per heavy atom.